The molecule has 6 nitrogen and oxygen atoms in total. The van der Waals surface area contributed by atoms with E-state index in [1.807, 2.05) is 0 Å². The quantitative estimate of drug-likeness (QED) is 0.404. The van der Waals surface area contributed by atoms with E-state index in [2.05, 4.69) is 10.1 Å². The Hall–Kier alpha value is -1.85. The van der Waals surface area contributed by atoms with Crippen molar-refractivity contribution >= 4 is 23.0 Å². The predicted octanol–water partition coefficient (Wildman–Crippen LogP) is -0.591. The molecule has 0 atom stereocenters. The minimum absolute atomic E-state index is 0.295. The van der Waals surface area contributed by atoms with E-state index < -0.39 is 0 Å². The van der Waals surface area contributed by atoms with Gasteiger partial charge in [0.05, 0.1) is 5.69 Å². The number of aromatic nitrogens is 3. The SMILES string of the molecule is Nc1nc2c(N)c[nH]n2c1N. The van der Waals surface area contributed by atoms with Crippen molar-refractivity contribution in [3.63, 3.8) is 0 Å². The Morgan fingerprint density at radius 3 is 2.73 bits per heavy atom. The van der Waals surface area contributed by atoms with Crippen molar-refractivity contribution in [3.05, 3.63) is 6.20 Å². The van der Waals surface area contributed by atoms with Gasteiger partial charge in [0.25, 0.3) is 0 Å². The summed E-state index contributed by atoms with van der Waals surface area (Å²) in [6, 6.07) is 0. The molecule has 11 heavy (non-hydrogen) atoms. The van der Waals surface area contributed by atoms with Crippen LogP contribution in [0, 0.1) is 0 Å². The fourth-order valence-corrected chi connectivity index (χ4v) is 0.973. The highest BCUT2D eigenvalue weighted by Crippen LogP contribution is 2.19. The molecule has 0 aliphatic rings. The van der Waals surface area contributed by atoms with Gasteiger partial charge in [-0.2, -0.15) is 0 Å². The van der Waals surface area contributed by atoms with E-state index in [0.29, 0.717) is 23.0 Å². The maximum absolute atomic E-state index is 5.54. The average Bonchev–Trinajstić information content (AvgIpc) is 2.43. The maximum Gasteiger partial charge on any atom is 0.180 e. The second-order valence-corrected chi connectivity index (χ2v) is 2.27. The Labute approximate surface area is 62.0 Å². The summed E-state index contributed by atoms with van der Waals surface area (Å²) < 4.78 is 1.53. The van der Waals surface area contributed by atoms with Crippen LogP contribution < -0.4 is 17.2 Å². The molecule has 0 amide bonds. The number of hydrogen-bond donors (Lipinski definition) is 4. The number of nitrogens with zero attached hydrogens (tertiary/aromatic N) is 2. The zero-order chi connectivity index (χ0) is 8.01. The van der Waals surface area contributed by atoms with E-state index in [1.54, 1.807) is 6.20 Å². The van der Waals surface area contributed by atoms with Gasteiger partial charge < -0.3 is 17.2 Å². The predicted molar refractivity (Wildman–Crippen MR) is 42.8 cm³/mol. The van der Waals surface area contributed by atoms with Gasteiger partial charge in [0.2, 0.25) is 0 Å². The Kier molecular flexibility index (Phi) is 0.857. The first-order valence-corrected chi connectivity index (χ1v) is 3.06. The average molecular weight is 152 g/mol. The molecule has 0 unspecified atom stereocenters. The lowest BCUT2D eigenvalue weighted by Gasteiger charge is -1.87. The molecule has 6 heteroatoms. The molecule has 2 rings (SSSR count). The van der Waals surface area contributed by atoms with Crippen LogP contribution >= 0.6 is 0 Å². The summed E-state index contributed by atoms with van der Waals surface area (Å²) in [4.78, 5) is 3.93. The number of nitrogens with one attached hydrogen (secondary N) is 1. The molecule has 58 valence electrons. The zero-order valence-corrected chi connectivity index (χ0v) is 5.70. The summed E-state index contributed by atoms with van der Waals surface area (Å²) in [6.07, 6.45) is 1.61. The van der Waals surface area contributed by atoms with Gasteiger partial charge in [0, 0.05) is 6.20 Å². The summed E-state index contributed by atoms with van der Waals surface area (Å²) in [7, 11) is 0. The Morgan fingerprint density at radius 1 is 1.36 bits per heavy atom. The standard InChI is InChI=1S/C5H8N6/c6-2-1-9-11-4(8)3(7)10-5(2)11/h1,9H,6-8H2. The summed E-state index contributed by atoms with van der Waals surface area (Å²) >= 11 is 0. The molecular weight excluding hydrogens is 144 g/mol. The van der Waals surface area contributed by atoms with Gasteiger partial charge in [0.15, 0.2) is 17.3 Å². The zero-order valence-electron chi connectivity index (χ0n) is 5.70. The van der Waals surface area contributed by atoms with Crippen LogP contribution in [0.15, 0.2) is 6.20 Å². The van der Waals surface area contributed by atoms with Crippen molar-refractivity contribution in [2.75, 3.05) is 17.2 Å². The topological polar surface area (TPSA) is 111 Å². The number of nitrogen functional groups attached to an aromatic ring is 3. The van der Waals surface area contributed by atoms with Crippen LogP contribution in [0.4, 0.5) is 17.3 Å². The minimum Gasteiger partial charge on any atom is -0.394 e. The van der Waals surface area contributed by atoms with Crippen molar-refractivity contribution in [1.29, 1.82) is 0 Å². The lowest BCUT2D eigenvalue weighted by atomic mass is 10.6. The van der Waals surface area contributed by atoms with Gasteiger partial charge >= 0.3 is 0 Å². The van der Waals surface area contributed by atoms with Gasteiger partial charge in [-0.3, -0.25) is 5.10 Å². The summed E-state index contributed by atoms with van der Waals surface area (Å²) in [6.45, 7) is 0. The van der Waals surface area contributed by atoms with Crippen molar-refractivity contribution in [2.45, 2.75) is 0 Å². The highest BCUT2D eigenvalue weighted by Gasteiger charge is 2.08. The van der Waals surface area contributed by atoms with Crippen molar-refractivity contribution in [2.24, 2.45) is 0 Å². The van der Waals surface area contributed by atoms with E-state index >= 15 is 0 Å². The molecule has 2 aromatic heterocycles. The molecule has 0 aliphatic carbocycles. The van der Waals surface area contributed by atoms with Gasteiger partial charge in [-0.25, -0.2) is 9.50 Å². The molecule has 0 aromatic carbocycles. The molecular formula is C5H8N6. The Morgan fingerprint density at radius 2 is 2.09 bits per heavy atom. The molecule has 0 aliphatic heterocycles. The summed E-state index contributed by atoms with van der Waals surface area (Å²) in [5.41, 5.74) is 17.6. The first kappa shape index (κ1) is 5.90. The van der Waals surface area contributed by atoms with E-state index in [-0.39, 0.29) is 0 Å². The van der Waals surface area contributed by atoms with Crippen LogP contribution in [-0.2, 0) is 0 Å². The largest absolute Gasteiger partial charge is 0.394 e. The summed E-state index contributed by atoms with van der Waals surface area (Å²) in [5, 5.41) is 2.80. The number of anilines is 3. The third-order valence-electron chi connectivity index (χ3n) is 1.55. The van der Waals surface area contributed by atoms with Crippen LogP contribution in [-0.4, -0.2) is 14.6 Å². The van der Waals surface area contributed by atoms with Crippen molar-refractivity contribution < 1.29 is 0 Å². The number of aromatic amines is 1. The van der Waals surface area contributed by atoms with Gasteiger partial charge in [0.1, 0.15) is 0 Å². The number of H-pyrrole nitrogens is 1. The van der Waals surface area contributed by atoms with Gasteiger partial charge in [-0.1, -0.05) is 0 Å². The van der Waals surface area contributed by atoms with Crippen LogP contribution in [0.1, 0.15) is 0 Å². The number of hydrogen-bond acceptors (Lipinski definition) is 4. The molecule has 0 saturated carbocycles. The lowest BCUT2D eigenvalue weighted by Crippen LogP contribution is -1.96. The smallest absolute Gasteiger partial charge is 0.180 e. The fraction of sp³-hybridized carbons (Fsp3) is 0. The lowest BCUT2D eigenvalue weighted by molar-refractivity contribution is 0.985. The molecule has 0 saturated heterocycles. The molecule has 0 fully saturated rings. The van der Waals surface area contributed by atoms with Crippen LogP contribution in [0.3, 0.4) is 0 Å². The fourth-order valence-electron chi connectivity index (χ4n) is 0.973. The highest BCUT2D eigenvalue weighted by atomic mass is 15.3. The van der Waals surface area contributed by atoms with Gasteiger partial charge in [-0.15, -0.1) is 0 Å². The van der Waals surface area contributed by atoms with Crippen molar-refractivity contribution in [3.8, 4) is 0 Å². The van der Waals surface area contributed by atoms with Crippen LogP contribution in [0.2, 0.25) is 0 Å². The van der Waals surface area contributed by atoms with E-state index in [0.717, 1.165) is 0 Å². The molecule has 0 radical (unpaired) electrons. The second kappa shape index (κ2) is 1.60. The molecule has 7 N–H and O–H groups in total. The number of fused-ring (bicyclic) bond motifs is 1. The van der Waals surface area contributed by atoms with Crippen LogP contribution in [0.5, 0.6) is 0 Å². The molecule has 0 bridgehead atoms. The maximum atomic E-state index is 5.54. The third-order valence-corrected chi connectivity index (χ3v) is 1.55. The number of rotatable bonds is 0. The number of nitrogens with two attached hydrogens (primary N) is 3. The summed E-state index contributed by atoms with van der Waals surface area (Å²) in [5.74, 6) is 0.681. The van der Waals surface area contributed by atoms with Gasteiger partial charge in [-0.05, 0) is 0 Å². The minimum atomic E-state index is 0.295. The molecule has 2 heterocycles. The third kappa shape index (κ3) is 0.575. The molecule has 0 spiro atoms. The van der Waals surface area contributed by atoms with E-state index in [1.165, 1.54) is 4.52 Å². The van der Waals surface area contributed by atoms with E-state index in [9.17, 15) is 0 Å². The first-order valence-electron chi connectivity index (χ1n) is 3.06. The Bertz CT molecular complexity index is 396. The normalized spacial score (nSPS) is 10.9. The highest BCUT2D eigenvalue weighted by molar-refractivity contribution is 5.72. The Balaban J connectivity index is 2.93. The first-order chi connectivity index (χ1) is 5.20. The second-order valence-electron chi connectivity index (χ2n) is 2.27. The number of imidazole rings is 1. The van der Waals surface area contributed by atoms with Crippen LogP contribution in [0.25, 0.3) is 5.65 Å². The van der Waals surface area contributed by atoms with Crippen molar-refractivity contribution in [1.82, 2.24) is 14.6 Å². The molecule has 2 aromatic rings. The monoisotopic (exact) mass is 152 g/mol. The van der Waals surface area contributed by atoms with E-state index in [4.69, 9.17) is 17.2 Å².